The van der Waals surface area contributed by atoms with E-state index in [1.165, 1.54) is 11.1 Å². The molecule has 2 aromatic carbocycles. The molecule has 3 aromatic rings. The number of ether oxygens (including phenoxy) is 1. The molecule has 0 spiro atoms. The highest BCUT2D eigenvalue weighted by atomic mass is 35.5. The van der Waals surface area contributed by atoms with Crippen LogP contribution in [0.5, 0.6) is 0 Å². The molecule has 35 heavy (non-hydrogen) atoms. The summed E-state index contributed by atoms with van der Waals surface area (Å²) < 4.78 is 11.4. The van der Waals surface area contributed by atoms with Crippen LogP contribution in [0.25, 0.3) is 11.3 Å². The molecule has 0 aliphatic carbocycles. The van der Waals surface area contributed by atoms with Gasteiger partial charge in [-0.15, -0.1) is 0 Å². The first-order valence-electron chi connectivity index (χ1n) is 12.1. The number of benzene rings is 2. The Hall–Kier alpha value is -2.54. The SMILES string of the molecule is CCc1ccc(C2CC(c3nc(-c4cc(Cl)ccc4Cl)co3)CN(C(=O)N3CCOCC3)C2)cc1. The predicted octanol–water partition coefficient (Wildman–Crippen LogP) is 6.24. The lowest BCUT2D eigenvalue weighted by atomic mass is 9.84. The third-order valence-corrected chi connectivity index (χ3v) is 7.50. The van der Waals surface area contributed by atoms with Crippen LogP contribution in [0.1, 0.15) is 42.2 Å². The highest BCUT2D eigenvalue weighted by Crippen LogP contribution is 2.38. The number of rotatable bonds is 4. The number of aromatic nitrogens is 1. The zero-order chi connectivity index (χ0) is 24.4. The van der Waals surface area contributed by atoms with Crippen LogP contribution in [0.3, 0.4) is 0 Å². The first kappa shape index (κ1) is 24.2. The van der Waals surface area contributed by atoms with Crippen molar-refractivity contribution < 1.29 is 13.9 Å². The molecule has 0 N–H and O–H groups in total. The maximum atomic E-state index is 13.4. The van der Waals surface area contributed by atoms with Gasteiger partial charge in [0.2, 0.25) is 0 Å². The Bertz CT molecular complexity index is 1170. The lowest BCUT2D eigenvalue weighted by Crippen LogP contribution is -2.52. The molecular weight excluding hydrogens is 485 g/mol. The van der Waals surface area contributed by atoms with E-state index in [2.05, 4.69) is 31.2 Å². The predicted molar refractivity (Wildman–Crippen MR) is 137 cm³/mol. The summed E-state index contributed by atoms with van der Waals surface area (Å²) in [5.74, 6) is 0.775. The zero-order valence-corrected chi connectivity index (χ0v) is 21.3. The van der Waals surface area contributed by atoms with Gasteiger partial charge < -0.3 is 19.0 Å². The third-order valence-electron chi connectivity index (χ3n) is 6.94. The fourth-order valence-electron chi connectivity index (χ4n) is 4.95. The Morgan fingerprint density at radius 1 is 1.03 bits per heavy atom. The van der Waals surface area contributed by atoms with Crippen LogP contribution in [0.2, 0.25) is 10.0 Å². The van der Waals surface area contributed by atoms with Gasteiger partial charge in [-0.2, -0.15) is 0 Å². The van der Waals surface area contributed by atoms with Crippen molar-refractivity contribution in [1.29, 1.82) is 0 Å². The van der Waals surface area contributed by atoms with Gasteiger partial charge in [-0.3, -0.25) is 0 Å². The molecule has 2 amide bonds. The molecular formula is C27H29Cl2N3O3. The lowest BCUT2D eigenvalue weighted by molar-refractivity contribution is 0.0393. The van der Waals surface area contributed by atoms with Crippen LogP contribution in [0.4, 0.5) is 4.79 Å². The number of carbonyl (C=O) groups excluding carboxylic acids is 1. The number of nitrogens with zero attached hydrogens (tertiary/aromatic N) is 3. The van der Waals surface area contributed by atoms with Crippen LogP contribution in [-0.2, 0) is 11.2 Å². The van der Waals surface area contributed by atoms with Gasteiger partial charge in [0.25, 0.3) is 0 Å². The highest BCUT2D eigenvalue weighted by molar-refractivity contribution is 6.35. The van der Waals surface area contributed by atoms with Gasteiger partial charge in [-0.25, -0.2) is 9.78 Å². The number of hydrogen-bond acceptors (Lipinski definition) is 4. The molecule has 184 valence electrons. The number of hydrogen-bond donors (Lipinski definition) is 0. The molecule has 6 nitrogen and oxygen atoms in total. The van der Waals surface area contributed by atoms with Crippen molar-refractivity contribution in [2.75, 3.05) is 39.4 Å². The van der Waals surface area contributed by atoms with Gasteiger partial charge in [0, 0.05) is 42.7 Å². The fraction of sp³-hybridized carbons (Fsp3) is 0.407. The minimum absolute atomic E-state index is 0.0312. The second kappa shape index (κ2) is 10.6. The maximum absolute atomic E-state index is 13.4. The van der Waals surface area contributed by atoms with Gasteiger partial charge in [-0.1, -0.05) is 54.4 Å². The molecule has 2 aliphatic rings. The number of urea groups is 1. The number of piperidine rings is 1. The fourth-order valence-corrected chi connectivity index (χ4v) is 5.33. The molecule has 1 aromatic heterocycles. The average molecular weight is 514 g/mol. The van der Waals surface area contributed by atoms with Crippen molar-refractivity contribution in [2.45, 2.75) is 31.6 Å². The van der Waals surface area contributed by atoms with Crippen LogP contribution < -0.4 is 0 Å². The largest absolute Gasteiger partial charge is 0.448 e. The lowest BCUT2D eigenvalue weighted by Gasteiger charge is -2.40. The Morgan fingerprint density at radius 2 is 1.77 bits per heavy atom. The summed E-state index contributed by atoms with van der Waals surface area (Å²) in [5, 5.41) is 1.15. The third kappa shape index (κ3) is 5.35. The monoisotopic (exact) mass is 513 g/mol. The normalized spacial score (nSPS) is 20.8. The van der Waals surface area contributed by atoms with E-state index in [0.717, 1.165) is 18.4 Å². The summed E-state index contributed by atoms with van der Waals surface area (Å²) in [7, 11) is 0. The number of amides is 2. The Kier molecular flexibility index (Phi) is 7.32. The van der Waals surface area contributed by atoms with E-state index in [0.29, 0.717) is 61.0 Å². The van der Waals surface area contributed by atoms with E-state index in [1.54, 1.807) is 24.5 Å². The van der Waals surface area contributed by atoms with Crippen molar-refractivity contribution in [3.05, 3.63) is 75.8 Å². The molecule has 5 rings (SSSR count). The first-order valence-corrected chi connectivity index (χ1v) is 12.9. The Labute approximate surface area is 215 Å². The summed E-state index contributed by atoms with van der Waals surface area (Å²) in [6.45, 7) is 5.77. The minimum Gasteiger partial charge on any atom is -0.448 e. The summed E-state index contributed by atoms with van der Waals surface area (Å²) >= 11 is 12.6. The summed E-state index contributed by atoms with van der Waals surface area (Å²) in [4.78, 5) is 22.1. The van der Waals surface area contributed by atoms with E-state index >= 15 is 0 Å². The number of halogens is 2. The molecule has 0 bridgehead atoms. The number of carbonyl (C=O) groups is 1. The van der Waals surface area contributed by atoms with E-state index in [4.69, 9.17) is 37.3 Å². The van der Waals surface area contributed by atoms with E-state index in [1.807, 2.05) is 9.80 Å². The molecule has 2 saturated heterocycles. The highest BCUT2D eigenvalue weighted by Gasteiger charge is 2.36. The van der Waals surface area contributed by atoms with Gasteiger partial charge in [0.05, 0.1) is 24.2 Å². The van der Waals surface area contributed by atoms with E-state index in [9.17, 15) is 4.79 Å². The van der Waals surface area contributed by atoms with Crippen molar-refractivity contribution >= 4 is 29.2 Å². The maximum Gasteiger partial charge on any atom is 0.320 e. The number of oxazole rings is 1. The molecule has 2 fully saturated rings. The van der Waals surface area contributed by atoms with Gasteiger partial charge >= 0.3 is 6.03 Å². The van der Waals surface area contributed by atoms with E-state index in [-0.39, 0.29) is 17.9 Å². The molecule has 0 saturated carbocycles. The molecule has 3 heterocycles. The molecule has 2 unspecified atom stereocenters. The number of aryl methyl sites for hydroxylation is 1. The second-order valence-corrected chi connectivity index (χ2v) is 10.1. The Morgan fingerprint density at radius 3 is 2.51 bits per heavy atom. The van der Waals surface area contributed by atoms with E-state index < -0.39 is 0 Å². The molecule has 2 atom stereocenters. The minimum atomic E-state index is -0.0312. The first-order chi connectivity index (χ1) is 17.0. The quantitative estimate of drug-likeness (QED) is 0.414. The summed E-state index contributed by atoms with van der Waals surface area (Å²) in [6, 6.07) is 14.1. The topological polar surface area (TPSA) is 58.8 Å². The molecule has 8 heteroatoms. The standard InChI is InChI=1S/C27H29Cl2N3O3/c1-2-18-3-5-19(6-4-18)20-13-21(16-32(15-20)27(33)31-9-11-34-12-10-31)26-30-25(17-35-26)23-14-22(28)7-8-24(23)29/h3-8,14,17,20-21H,2,9-13,15-16H2,1H3. The zero-order valence-electron chi connectivity index (χ0n) is 19.8. The number of morpholine rings is 1. The van der Waals surface area contributed by atoms with Crippen molar-refractivity contribution in [1.82, 2.24) is 14.8 Å². The van der Waals surface area contributed by atoms with Crippen LogP contribution in [0.15, 0.2) is 53.1 Å². The summed E-state index contributed by atoms with van der Waals surface area (Å²) in [6.07, 6.45) is 3.47. The van der Waals surface area contributed by atoms with Gasteiger partial charge in [0.15, 0.2) is 5.89 Å². The van der Waals surface area contributed by atoms with Crippen LogP contribution >= 0.6 is 23.2 Å². The molecule has 2 aliphatic heterocycles. The smallest absolute Gasteiger partial charge is 0.320 e. The second-order valence-electron chi connectivity index (χ2n) is 9.21. The summed E-state index contributed by atoms with van der Waals surface area (Å²) in [5.41, 5.74) is 3.92. The van der Waals surface area contributed by atoms with Gasteiger partial charge in [-0.05, 0) is 42.2 Å². The van der Waals surface area contributed by atoms with Gasteiger partial charge in [0.1, 0.15) is 12.0 Å². The Balaban J connectivity index is 1.43. The van der Waals surface area contributed by atoms with Crippen molar-refractivity contribution in [2.24, 2.45) is 0 Å². The molecule has 0 radical (unpaired) electrons. The van der Waals surface area contributed by atoms with Crippen LogP contribution in [0, 0.1) is 0 Å². The average Bonchev–Trinajstić information content (AvgIpc) is 3.40. The van der Waals surface area contributed by atoms with Crippen molar-refractivity contribution in [3.8, 4) is 11.3 Å². The van der Waals surface area contributed by atoms with Crippen molar-refractivity contribution in [3.63, 3.8) is 0 Å². The van der Waals surface area contributed by atoms with Crippen LogP contribution in [-0.4, -0.2) is 60.2 Å². The number of likely N-dealkylation sites (tertiary alicyclic amines) is 1.